The Bertz CT molecular complexity index is 832. The lowest BCUT2D eigenvalue weighted by Crippen LogP contribution is -2.55. The Morgan fingerprint density at radius 3 is 2.52 bits per heavy atom. The topological polar surface area (TPSA) is 69.0 Å². The van der Waals surface area contributed by atoms with E-state index in [1.165, 1.54) is 11.3 Å². The maximum atomic E-state index is 12.6. The molecule has 2 heterocycles. The van der Waals surface area contributed by atoms with Crippen LogP contribution in [-0.2, 0) is 18.3 Å². The lowest BCUT2D eigenvalue weighted by molar-refractivity contribution is -0.120. The Morgan fingerprint density at radius 2 is 1.97 bits per heavy atom. The molecule has 2 aromatic rings. The number of piperazine rings is 1. The van der Waals surface area contributed by atoms with Gasteiger partial charge in [-0.15, -0.1) is 24.0 Å². The van der Waals surface area contributed by atoms with E-state index in [9.17, 15) is 4.79 Å². The van der Waals surface area contributed by atoms with E-state index in [4.69, 9.17) is 0 Å². The molecule has 1 amide bonds. The Morgan fingerprint density at radius 1 is 1.24 bits per heavy atom. The smallest absolute Gasteiger partial charge is 0.246 e. The fourth-order valence-electron chi connectivity index (χ4n) is 3.29. The highest BCUT2D eigenvalue weighted by molar-refractivity contribution is 14.0. The summed E-state index contributed by atoms with van der Waals surface area (Å²) in [4.78, 5) is 22.8. The zero-order chi connectivity index (χ0) is 20.1. The molecule has 1 aliphatic heterocycles. The van der Waals surface area contributed by atoms with Crippen molar-refractivity contribution in [1.82, 2.24) is 20.0 Å². The van der Waals surface area contributed by atoms with Gasteiger partial charge in [-0.1, -0.05) is 12.1 Å². The Kier molecular flexibility index (Phi) is 8.30. The van der Waals surface area contributed by atoms with E-state index in [0.717, 1.165) is 31.2 Å². The highest BCUT2D eigenvalue weighted by atomic mass is 127. The number of nitrogens with one attached hydrogen (secondary N) is 1. The van der Waals surface area contributed by atoms with Crippen LogP contribution in [0.4, 0.5) is 11.4 Å². The van der Waals surface area contributed by atoms with Gasteiger partial charge in [0.05, 0.1) is 11.9 Å². The van der Waals surface area contributed by atoms with Crippen LogP contribution in [0.1, 0.15) is 5.56 Å². The molecule has 1 saturated heterocycles. The van der Waals surface area contributed by atoms with Gasteiger partial charge in [0, 0.05) is 59.7 Å². The average Bonchev–Trinajstić information content (AvgIpc) is 3.11. The van der Waals surface area contributed by atoms with Crippen molar-refractivity contribution in [2.45, 2.75) is 6.42 Å². The van der Waals surface area contributed by atoms with E-state index in [2.05, 4.69) is 44.6 Å². The normalized spacial score (nSPS) is 14.6. The molecule has 0 bridgehead atoms. The first-order valence-electron chi connectivity index (χ1n) is 9.49. The lowest BCUT2D eigenvalue weighted by atomic mass is 10.1. The van der Waals surface area contributed by atoms with E-state index < -0.39 is 0 Å². The minimum Gasteiger partial charge on any atom is -0.378 e. The van der Waals surface area contributed by atoms with Gasteiger partial charge in [0.25, 0.3) is 0 Å². The zero-order valence-corrected chi connectivity index (χ0v) is 19.8. The van der Waals surface area contributed by atoms with Crippen molar-refractivity contribution < 1.29 is 4.79 Å². The second kappa shape index (κ2) is 10.5. The summed E-state index contributed by atoms with van der Waals surface area (Å²) >= 11 is 0. The van der Waals surface area contributed by atoms with Gasteiger partial charge in [-0.25, -0.2) is 0 Å². The second-order valence-electron chi connectivity index (χ2n) is 7.12. The van der Waals surface area contributed by atoms with Crippen LogP contribution in [-0.4, -0.2) is 73.9 Å². The van der Waals surface area contributed by atoms with Crippen LogP contribution in [0.3, 0.4) is 0 Å². The standard InChI is InChI=1S/C20H29N7O.HI/c1-21-20(22-10-9-16-5-7-17(8-6-16)24(2)3)26-11-12-27(19(28)15-26)18-13-23-25(4)14-18;/h5-8,13-14H,9-12,15H2,1-4H3,(H,21,22);1H. The quantitative estimate of drug-likeness (QED) is 0.375. The molecule has 0 unspecified atom stereocenters. The van der Waals surface area contributed by atoms with Crippen molar-refractivity contribution >= 4 is 47.2 Å². The number of hydrogen-bond acceptors (Lipinski definition) is 4. The van der Waals surface area contributed by atoms with Crippen molar-refractivity contribution in [1.29, 1.82) is 0 Å². The summed E-state index contributed by atoms with van der Waals surface area (Å²) in [5.41, 5.74) is 3.31. The van der Waals surface area contributed by atoms with Crippen molar-refractivity contribution in [3.05, 3.63) is 42.2 Å². The highest BCUT2D eigenvalue weighted by Gasteiger charge is 2.27. The third kappa shape index (κ3) is 5.84. The van der Waals surface area contributed by atoms with Gasteiger partial charge in [0.2, 0.25) is 5.91 Å². The molecule has 0 atom stereocenters. The number of rotatable bonds is 5. The first kappa shape index (κ1) is 23.0. The molecule has 1 aromatic heterocycles. The first-order chi connectivity index (χ1) is 13.5. The minimum absolute atomic E-state index is 0. The number of guanidine groups is 1. The van der Waals surface area contributed by atoms with E-state index in [1.807, 2.05) is 32.2 Å². The summed E-state index contributed by atoms with van der Waals surface area (Å²) in [7, 11) is 7.68. The molecule has 9 heteroatoms. The third-order valence-electron chi connectivity index (χ3n) is 4.88. The van der Waals surface area contributed by atoms with Gasteiger partial charge in [0.15, 0.2) is 5.96 Å². The minimum atomic E-state index is 0. The molecular weight excluding hydrogens is 481 g/mol. The van der Waals surface area contributed by atoms with Gasteiger partial charge in [0.1, 0.15) is 6.54 Å². The number of nitrogens with zero attached hydrogens (tertiary/aromatic N) is 6. The van der Waals surface area contributed by atoms with Crippen LogP contribution in [0, 0.1) is 0 Å². The van der Waals surface area contributed by atoms with E-state index >= 15 is 0 Å². The fraction of sp³-hybridized carbons (Fsp3) is 0.450. The van der Waals surface area contributed by atoms with Crippen LogP contribution in [0.5, 0.6) is 0 Å². The zero-order valence-electron chi connectivity index (χ0n) is 17.5. The molecule has 0 aliphatic carbocycles. The maximum absolute atomic E-state index is 12.6. The van der Waals surface area contributed by atoms with Crippen molar-refractivity contribution in [2.75, 3.05) is 57.1 Å². The van der Waals surface area contributed by atoms with Gasteiger partial charge in [-0.3, -0.25) is 14.5 Å². The largest absolute Gasteiger partial charge is 0.378 e. The monoisotopic (exact) mass is 511 g/mol. The van der Waals surface area contributed by atoms with E-state index in [-0.39, 0.29) is 29.9 Å². The summed E-state index contributed by atoms with van der Waals surface area (Å²) < 4.78 is 1.71. The molecule has 1 N–H and O–H groups in total. The number of carbonyl (C=O) groups excluding carboxylic acids is 1. The molecule has 1 aromatic carbocycles. The van der Waals surface area contributed by atoms with E-state index in [1.54, 1.807) is 22.8 Å². The highest BCUT2D eigenvalue weighted by Crippen LogP contribution is 2.16. The fourth-order valence-corrected chi connectivity index (χ4v) is 3.29. The first-order valence-corrected chi connectivity index (χ1v) is 9.49. The van der Waals surface area contributed by atoms with Crippen LogP contribution in [0.15, 0.2) is 41.7 Å². The number of hydrogen-bond donors (Lipinski definition) is 1. The van der Waals surface area contributed by atoms with Gasteiger partial charge >= 0.3 is 0 Å². The number of amides is 1. The molecule has 1 aliphatic rings. The Balaban J connectivity index is 0.00000300. The van der Waals surface area contributed by atoms with Crippen LogP contribution >= 0.6 is 24.0 Å². The number of aliphatic imine (C=N–C) groups is 1. The van der Waals surface area contributed by atoms with Crippen molar-refractivity contribution in [3.8, 4) is 0 Å². The van der Waals surface area contributed by atoms with Gasteiger partial charge in [-0.2, -0.15) is 5.10 Å². The molecule has 0 spiro atoms. The number of anilines is 2. The molecule has 3 rings (SSSR count). The number of aromatic nitrogens is 2. The Hall–Kier alpha value is -2.30. The Labute approximate surface area is 189 Å². The molecule has 1 fully saturated rings. The molecule has 8 nitrogen and oxygen atoms in total. The lowest BCUT2D eigenvalue weighted by Gasteiger charge is -2.35. The third-order valence-corrected chi connectivity index (χ3v) is 4.88. The summed E-state index contributed by atoms with van der Waals surface area (Å²) in [6.07, 6.45) is 4.49. The predicted molar refractivity (Wildman–Crippen MR) is 128 cm³/mol. The number of benzene rings is 1. The summed E-state index contributed by atoms with van der Waals surface area (Å²) in [6.45, 7) is 2.44. The molecule has 0 saturated carbocycles. The molecular formula is C20H30IN7O. The van der Waals surface area contributed by atoms with Crippen LogP contribution in [0.25, 0.3) is 0 Å². The van der Waals surface area contributed by atoms with Crippen molar-refractivity contribution in [2.24, 2.45) is 12.0 Å². The molecule has 0 radical (unpaired) electrons. The second-order valence-corrected chi connectivity index (χ2v) is 7.12. The van der Waals surface area contributed by atoms with Crippen LogP contribution in [0.2, 0.25) is 0 Å². The van der Waals surface area contributed by atoms with Gasteiger partial charge in [-0.05, 0) is 24.1 Å². The number of halogens is 1. The number of carbonyl (C=O) groups is 1. The van der Waals surface area contributed by atoms with Gasteiger partial charge < -0.3 is 20.0 Å². The SMILES string of the molecule is CN=C(NCCc1ccc(N(C)C)cc1)N1CCN(c2cnn(C)c2)C(=O)C1.I. The summed E-state index contributed by atoms with van der Waals surface area (Å²) in [5, 5.41) is 7.53. The maximum Gasteiger partial charge on any atom is 0.246 e. The molecule has 158 valence electrons. The van der Waals surface area contributed by atoms with Crippen molar-refractivity contribution in [3.63, 3.8) is 0 Å². The van der Waals surface area contributed by atoms with E-state index in [0.29, 0.717) is 13.1 Å². The summed E-state index contributed by atoms with van der Waals surface area (Å²) in [6, 6.07) is 8.55. The predicted octanol–water partition coefficient (Wildman–Crippen LogP) is 1.57. The summed E-state index contributed by atoms with van der Waals surface area (Å²) in [5.74, 6) is 0.825. The number of aryl methyl sites for hydroxylation is 1. The molecule has 29 heavy (non-hydrogen) atoms. The average molecular weight is 511 g/mol. The van der Waals surface area contributed by atoms with Crippen LogP contribution < -0.4 is 15.1 Å².